The number of nitrogens with two attached hydrogens (primary N) is 2. The summed E-state index contributed by atoms with van der Waals surface area (Å²) >= 11 is 0. The monoisotopic (exact) mass is 252 g/mol. The highest BCUT2D eigenvalue weighted by Gasteiger charge is 2.25. The summed E-state index contributed by atoms with van der Waals surface area (Å²) in [5.74, 6) is 0.154. The van der Waals surface area contributed by atoms with Gasteiger partial charge in [-0.15, -0.1) is 0 Å². The van der Waals surface area contributed by atoms with Crippen LogP contribution in [0, 0.1) is 0 Å². The van der Waals surface area contributed by atoms with Crippen LogP contribution in [0.15, 0.2) is 24.3 Å². The minimum Gasteiger partial charge on any atom is -0.493 e. The molecule has 1 aromatic carbocycles. The van der Waals surface area contributed by atoms with E-state index in [0.717, 1.165) is 5.56 Å². The molecule has 0 radical (unpaired) electrons. The molecule has 100 valence electrons. The molecule has 0 fully saturated rings. The van der Waals surface area contributed by atoms with E-state index in [1.54, 1.807) is 6.92 Å². The quantitative estimate of drug-likeness (QED) is 0.645. The summed E-state index contributed by atoms with van der Waals surface area (Å²) < 4.78 is 5.58. The molecule has 0 aliphatic rings. The zero-order valence-electron chi connectivity index (χ0n) is 10.6. The summed E-state index contributed by atoms with van der Waals surface area (Å²) in [6, 6.07) is 7.45. The largest absolute Gasteiger partial charge is 0.493 e. The Morgan fingerprint density at radius 3 is 2.72 bits per heavy atom. The van der Waals surface area contributed by atoms with Crippen LogP contribution < -0.4 is 16.2 Å². The fourth-order valence-corrected chi connectivity index (χ4v) is 1.47. The molecule has 1 amide bonds. The lowest BCUT2D eigenvalue weighted by Gasteiger charge is -2.20. The van der Waals surface area contributed by atoms with Crippen molar-refractivity contribution in [3.8, 4) is 5.75 Å². The molecular weight excluding hydrogens is 232 g/mol. The van der Waals surface area contributed by atoms with Crippen molar-refractivity contribution in [1.29, 1.82) is 0 Å². The van der Waals surface area contributed by atoms with E-state index in [0.29, 0.717) is 25.2 Å². The Kier molecular flexibility index (Phi) is 5.12. The summed E-state index contributed by atoms with van der Waals surface area (Å²) in [6.07, 6.45) is 0.877. The van der Waals surface area contributed by atoms with Crippen molar-refractivity contribution in [1.82, 2.24) is 0 Å². The van der Waals surface area contributed by atoms with E-state index in [1.807, 2.05) is 24.3 Å². The van der Waals surface area contributed by atoms with Crippen LogP contribution in [0.1, 0.15) is 18.9 Å². The van der Waals surface area contributed by atoms with Gasteiger partial charge in [0.25, 0.3) is 0 Å². The van der Waals surface area contributed by atoms with E-state index in [2.05, 4.69) is 0 Å². The Morgan fingerprint density at radius 2 is 2.11 bits per heavy atom. The van der Waals surface area contributed by atoms with Gasteiger partial charge in [-0.05, 0) is 25.0 Å². The molecule has 0 saturated heterocycles. The van der Waals surface area contributed by atoms with Crippen LogP contribution in [0.25, 0.3) is 0 Å². The highest BCUT2D eigenvalue weighted by molar-refractivity contribution is 5.83. The predicted molar refractivity (Wildman–Crippen MR) is 69.1 cm³/mol. The van der Waals surface area contributed by atoms with Gasteiger partial charge in [0.2, 0.25) is 5.91 Å². The van der Waals surface area contributed by atoms with E-state index in [9.17, 15) is 4.79 Å². The predicted octanol–water partition coefficient (Wildman–Crippen LogP) is 0.193. The molecule has 18 heavy (non-hydrogen) atoms. The third-order valence-corrected chi connectivity index (χ3v) is 2.80. The number of primary amides is 1. The van der Waals surface area contributed by atoms with Gasteiger partial charge < -0.3 is 21.3 Å². The molecule has 0 spiro atoms. The lowest BCUT2D eigenvalue weighted by molar-refractivity contribution is -0.123. The molecule has 0 saturated carbocycles. The van der Waals surface area contributed by atoms with E-state index >= 15 is 0 Å². The molecule has 5 N–H and O–H groups in total. The lowest BCUT2D eigenvalue weighted by atomic mass is 9.99. The highest BCUT2D eigenvalue weighted by Crippen LogP contribution is 2.19. The molecule has 0 aromatic heterocycles. The number of amides is 1. The average Bonchev–Trinajstić information content (AvgIpc) is 2.31. The molecule has 0 bridgehead atoms. The highest BCUT2D eigenvalue weighted by atomic mass is 16.5. The van der Waals surface area contributed by atoms with Crippen LogP contribution in [-0.4, -0.2) is 29.8 Å². The summed E-state index contributed by atoms with van der Waals surface area (Å²) in [7, 11) is 0. The van der Waals surface area contributed by atoms with Crippen molar-refractivity contribution < 1.29 is 14.6 Å². The van der Waals surface area contributed by atoms with Gasteiger partial charge in [0, 0.05) is 13.0 Å². The van der Waals surface area contributed by atoms with Gasteiger partial charge in [0.15, 0.2) is 0 Å². The maximum atomic E-state index is 11.0. The molecule has 5 heteroatoms. The second-order valence-electron chi connectivity index (χ2n) is 4.46. The number of aliphatic hydroxyl groups excluding tert-OH is 1. The molecular formula is C13H20N2O3. The molecule has 0 aliphatic carbocycles. The Balaban J connectivity index is 2.56. The first kappa shape index (κ1) is 14.5. The first-order valence-corrected chi connectivity index (χ1v) is 5.87. The number of carbonyl (C=O) groups excluding carboxylic acids is 1. The smallest absolute Gasteiger partial charge is 0.237 e. The zero-order chi connectivity index (χ0) is 13.6. The maximum Gasteiger partial charge on any atom is 0.237 e. The standard InChI is InChI=1S/C13H20N2O3/c1-13(15,12(14)17)7-9-18-11-5-3-2-4-10(11)6-8-16/h2-5,16H,6-9,15H2,1H3,(H2,14,17). The van der Waals surface area contributed by atoms with Crippen molar-refractivity contribution in [3.05, 3.63) is 29.8 Å². The van der Waals surface area contributed by atoms with Gasteiger partial charge in [-0.1, -0.05) is 18.2 Å². The van der Waals surface area contributed by atoms with Crippen LogP contribution in [0.2, 0.25) is 0 Å². The van der Waals surface area contributed by atoms with Gasteiger partial charge in [-0.25, -0.2) is 0 Å². The SMILES string of the molecule is CC(N)(CCOc1ccccc1CCO)C(N)=O. The normalized spacial score (nSPS) is 13.9. The van der Waals surface area contributed by atoms with Gasteiger partial charge in [-0.2, -0.15) is 0 Å². The van der Waals surface area contributed by atoms with Crippen LogP contribution in [0.3, 0.4) is 0 Å². The molecule has 0 aliphatic heterocycles. The van der Waals surface area contributed by atoms with Gasteiger partial charge in [0.1, 0.15) is 5.75 Å². The summed E-state index contributed by atoms with van der Waals surface area (Å²) in [5.41, 5.74) is 10.8. The Labute approximate surface area is 107 Å². The number of carbonyl (C=O) groups is 1. The number of hydrogen-bond donors (Lipinski definition) is 3. The van der Waals surface area contributed by atoms with Crippen molar-refractivity contribution in [2.24, 2.45) is 11.5 Å². The van der Waals surface area contributed by atoms with Crippen LogP contribution in [0.5, 0.6) is 5.75 Å². The zero-order valence-corrected chi connectivity index (χ0v) is 10.6. The fourth-order valence-electron chi connectivity index (χ4n) is 1.47. The van der Waals surface area contributed by atoms with Gasteiger partial charge in [0.05, 0.1) is 12.1 Å². The second kappa shape index (κ2) is 6.37. The van der Waals surface area contributed by atoms with E-state index in [4.69, 9.17) is 21.3 Å². The van der Waals surface area contributed by atoms with Crippen molar-refractivity contribution >= 4 is 5.91 Å². The van der Waals surface area contributed by atoms with Crippen LogP contribution >= 0.6 is 0 Å². The van der Waals surface area contributed by atoms with E-state index in [-0.39, 0.29) is 6.61 Å². The van der Waals surface area contributed by atoms with Gasteiger partial charge >= 0.3 is 0 Å². The van der Waals surface area contributed by atoms with Crippen LogP contribution in [-0.2, 0) is 11.2 Å². The molecule has 1 aromatic rings. The van der Waals surface area contributed by atoms with Crippen LogP contribution in [0.4, 0.5) is 0 Å². The number of aliphatic hydroxyl groups is 1. The third kappa shape index (κ3) is 4.01. The minimum atomic E-state index is -1.06. The number of ether oxygens (including phenoxy) is 1. The van der Waals surface area contributed by atoms with Crippen molar-refractivity contribution in [2.45, 2.75) is 25.3 Å². The van der Waals surface area contributed by atoms with Crippen molar-refractivity contribution in [3.63, 3.8) is 0 Å². The lowest BCUT2D eigenvalue weighted by Crippen LogP contribution is -2.50. The molecule has 5 nitrogen and oxygen atoms in total. The Bertz CT molecular complexity index is 405. The summed E-state index contributed by atoms with van der Waals surface area (Å²) in [6.45, 7) is 1.95. The first-order valence-electron chi connectivity index (χ1n) is 5.87. The van der Waals surface area contributed by atoms with E-state index < -0.39 is 11.4 Å². The average molecular weight is 252 g/mol. The fraction of sp³-hybridized carbons (Fsp3) is 0.462. The number of benzene rings is 1. The summed E-state index contributed by atoms with van der Waals surface area (Å²) in [4.78, 5) is 11.0. The van der Waals surface area contributed by atoms with Crippen molar-refractivity contribution in [2.75, 3.05) is 13.2 Å². The molecule has 0 heterocycles. The topological polar surface area (TPSA) is 98.6 Å². The first-order chi connectivity index (χ1) is 8.47. The minimum absolute atomic E-state index is 0.0657. The second-order valence-corrected chi connectivity index (χ2v) is 4.46. The van der Waals surface area contributed by atoms with Gasteiger partial charge in [-0.3, -0.25) is 4.79 Å². The molecule has 1 atom stereocenters. The number of para-hydroxylation sites is 1. The van der Waals surface area contributed by atoms with E-state index in [1.165, 1.54) is 0 Å². The maximum absolute atomic E-state index is 11.0. The Hall–Kier alpha value is -1.59. The number of hydrogen-bond acceptors (Lipinski definition) is 4. The number of rotatable bonds is 7. The third-order valence-electron chi connectivity index (χ3n) is 2.80. The summed E-state index contributed by atoms with van der Waals surface area (Å²) in [5, 5.41) is 8.93. The molecule has 1 unspecified atom stereocenters. The molecule has 1 rings (SSSR count). The Morgan fingerprint density at radius 1 is 1.44 bits per heavy atom.